The average Bonchev–Trinajstić information content (AvgIpc) is 2.65. The lowest BCUT2D eigenvalue weighted by atomic mass is 9.92. The minimum Gasteiger partial charge on any atom is -0.341 e. The number of piperidine rings is 1. The van der Waals surface area contributed by atoms with E-state index in [1.165, 1.54) is 12.5 Å². The fourth-order valence-corrected chi connectivity index (χ4v) is 4.26. The first-order valence-corrected chi connectivity index (χ1v) is 10.3. The van der Waals surface area contributed by atoms with Gasteiger partial charge in [-0.1, -0.05) is 19.9 Å². The Labute approximate surface area is 170 Å². The van der Waals surface area contributed by atoms with Gasteiger partial charge in [-0.25, -0.2) is 8.78 Å². The summed E-state index contributed by atoms with van der Waals surface area (Å²) >= 11 is 0. The maximum absolute atomic E-state index is 13.7. The first kappa shape index (κ1) is 21.6. The Morgan fingerprint density at radius 2 is 1.48 bits per heavy atom. The summed E-state index contributed by atoms with van der Waals surface area (Å²) in [5, 5.41) is 2.32. The van der Waals surface area contributed by atoms with Crippen molar-refractivity contribution in [1.82, 2.24) is 14.7 Å². The number of rotatable bonds is 5. The molecule has 0 saturated carbocycles. The summed E-state index contributed by atoms with van der Waals surface area (Å²) in [5.74, 6) is -0.778. The SMILES string of the molecule is C[C@@H]1C[C@H](C)CN(C(=O)CN2CCN(CC(=O)Nc3c(F)cccc3F)CC2)C1. The number of nitrogens with zero attached hydrogens (tertiary/aromatic N) is 3. The van der Waals surface area contributed by atoms with E-state index in [1.54, 1.807) is 0 Å². The van der Waals surface area contributed by atoms with E-state index < -0.39 is 23.2 Å². The molecule has 1 aromatic rings. The summed E-state index contributed by atoms with van der Waals surface area (Å²) < 4.78 is 27.3. The van der Waals surface area contributed by atoms with Crippen LogP contribution in [-0.4, -0.2) is 78.9 Å². The third kappa shape index (κ3) is 5.96. The Morgan fingerprint density at radius 3 is 2.03 bits per heavy atom. The molecule has 2 fully saturated rings. The second kappa shape index (κ2) is 9.63. The van der Waals surface area contributed by atoms with Crippen LogP contribution in [0, 0.1) is 23.5 Å². The van der Waals surface area contributed by atoms with Crippen LogP contribution < -0.4 is 5.32 Å². The van der Waals surface area contributed by atoms with Gasteiger partial charge in [0.25, 0.3) is 0 Å². The highest BCUT2D eigenvalue weighted by atomic mass is 19.1. The van der Waals surface area contributed by atoms with Gasteiger partial charge in [0.1, 0.15) is 17.3 Å². The number of anilines is 1. The van der Waals surface area contributed by atoms with Crippen LogP contribution >= 0.6 is 0 Å². The van der Waals surface area contributed by atoms with Gasteiger partial charge in [-0.15, -0.1) is 0 Å². The number of halogens is 2. The molecule has 1 N–H and O–H groups in total. The van der Waals surface area contributed by atoms with E-state index in [4.69, 9.17) is 0 Å². The van der Waals surface area contributed by atoms with Crippen LogP contribution in [0.5, 0.6) is 0 Å². The molecule has 3 rings (SSSR count). The number of hydrogen-bond donors (Lipinski definition) is 1. The van der Waals surface area contributed by atoms with Gasteiger partial charge in [-0.3, -0.25) is 19.4 Å². The summed E-state index contributed by atoms with van der Waals surface area (Å²) in [7, 11) is 0. The monoisotopic (exact) mass is 408 g/mol. The van der Waals surface area contributed by atoms with Gasteiger partial charge in [0.2, 0.25) is 11.8 Å². The molecule has 2 aliphatic heterocycles. The molecule has 0 radical (unpaired) electrons. The molecule has 2 atom stereocenters. The van der Waals surface area contributed by atoms with Gasteiger partial charge in [-0.05, 0) is 30.4 Å². The fraction of sp³-hybridized carbons (Fsp3) is 0.619. The molecule has 2 amide bonds. The van der Waals surface area contributed by atoms with Crippen LogP contribution in [0.4, 0.5) is 14.5 Å². The van der Waals surface area contributed by atoms with Gasteiger partial charge in [0.05, 0.1) is 13.1 Å². The van der Waals surface area contributed by atoms with Crippen molar-refractivity contribution < 1.29 is 18.4 Å². The molecular formula is C21H30F2N4O2. The zero-order chi connectivity index (χ0) is 21.0. The van der Waals surface area contributed by atoms with Crippen LogP contribution in [0.15, 0.2) is 18.2 Å². The van der Waals surface area contributed by atoms with Gasteiger partial charge in [0, 0.05) is 39.3 Å². The molecule has 0 bridgehead atoms. The lowest BCUT2D eigenvalue weighted by molar-refractivity contribution is -0.135. The van der Waals surface area contributed by atoms with Crippen LogP contribution in [-0.2, 0) is 9.59 Å². The molecule has 0 unspecified atom stereocenters. The average molecular weight is 408 g/mol. The summed E-state index contributed by atoms with van der Waals surface area (Å²) in [5.41, 5.74) is -0.410. The first-order chi connectivity index (χ1) is 13.8. The van der Waals surface area contributed by atoms with Crippen LogP contribution in [0.25, 0.3) is 0 Å². The molecule has 2 saturated heterocycles. The van der Waals surface area contributed by atoms with Crippen molar-refractivity contribution in [3.8, 4) is 0 Å². The highest BCUT2D eigenvalue weighted by Crippen LogP contribution is 2.21. The summed E-state index contributed by atoms with van der Waals surface area (Å²) in [6.07, 6.45) is 1.17. The van der Waals surface area contributed by atoms with E-state index in [0.717, 1.165) is 25.2 Å². The largest absolute Gasteiger partial charge is 0.341 e. The predicted octanol–water partition coefficient (Wildman–Crippen LogP) is 2.03. The number of amides is 2. The van der Waals surface area contributed by atoms with E-state index in [0.29, 0.717) is 44.6 Å². The van der Waals surface area contributed by atoms with Gasteiger partial charge < -0.3 is 10.2 Å². The van der Waals surface area contributed by atoms with Crippen LogP contribution in [0.1, 0.15) is 20.3 Å². The number of carbonyl (C=O) groups excluding carboxylic acids is 2. The highest BCUT2D eigenvalue weighted by Gasteiger charge is 2.28. The Morgan fingerprint density at radius 1 is 0.966 bits per heavy atom. The third-order valence-corrected chi connectivity index (χ3v) is 5.64. The number of likely N-dealkylation sites (tertiary alicyclic amines) is 1. The summed E-state index contributed by atoms with van der Waals surface area (Å²) in [4.78, 5) is 30.8. The van der Waals surface area contributed by atoms with Crippen molar-refractivity contribution in [3.63, 3.8) is 0 Å². The first-order valence-electron chi connectivity index (χ1n) is 10.3. The number of benzene rings is 1. The van der Waals surface area contributed by atoms with Crippen molar-refractivity contribution in [2.45, 2.75) is 20.3 Å². The molecule has 0 aromatic heterocycles. The topological polar surface area (TPSA) is 55.9 Å². The number of para-hydroxylation sites is 1. The molecule has 0 aliphatic carbocycles. The normalized spacial score (nSPS) is 23.8. The highest BCUT2D eigenvalue weighted by molar-refractivity contribution is 5.92. The van der Waals surface area contributed by atoms with Crippen molar-refractivity contribution in [2.24, 2.45) is 11.8 Å². The van der Waals surface area contributed by atoms with Crippen molar-refractivity contribution >= 4 is 17.5 Å². The Hall–Kier alpha value is -2.06. The minimum atomic E-state index is -0.789. The second-order valence-corrected chi connectivity index (χ2v) is 8.44. The molecule has 160 valence electrons. The molecule has 8 heteroatoms. The molecule has 29 heavy (non-hydrogen) atoms. The Bertz CT molecular complexity index is 707. The second-order valence-electron chi connectivity index (χ2n) is 8.44. The van der Waals surface area contributed by atoms with Crippen LogP contribution in [0.3, 0.4) is 0 Å². The van der Waals surface area contributed by atoms with Crippen molar-refractivity contribution in [1.29, 1.82) is 0 Å². The molecule has 6 nitrogen and oxygen atoms in total. The van der Waals surface area contributed by atoms with E-state index in [9.17, 15) is 18.4 Å². The lowest BCUT2D eigenvalue weighted by Gasteiger charge is -2.38. The standard InChI is InChI=1S/C21H30F2N4O2/c1-15-10-16(2)12-27(11-15)20(29)14-26-8-6-25(7-9-26)13-19(28)24-21-17(22)4-3-5-18(21)23/h3-5,15-16H,6-14H2,1-2H3,(H,24,28)/t15-,16+. The number of piperazine rings is 1. The number of carbonyl (C=O) groups is 2. The number of nitrogens with one attached hydrogen (secondary N) is 1. The van der Waals surface area contributed by atoms with Crippen LogP contribution in [0.2, 0.25) is 0 Å². The lowest BCUT2D eigenvalue weighted by Crippen LogP contribution is -2.52. The quantitative estimate of drug-likeness (QED) is 0.810. The Kier molecular flexibility index (Phi) is 7.18. The van der Waals surface area contributed by atoms with E-state index in [2.05, 4.69) is 24.1 Å². The number of hydrogen-bond acceptors (Lipinski definition) is 4. The Balaban J connectivity index is 1.42. The molecular weight excluding hydrogens is 378 g/mol. The van der Waals surface area contributed by atoms with Gasteiger partial charge in [-0.2, -0.15) is 0 Å². The fourth-order valence-electron chi connectivity index (χ4n) is 4.26. The predicted molar refractivity (Wildman–Crippen MR) is 107 cm³/mol. The van der Waals surface area contributed by atoms with E-state index in [-0.39, 0.29) is 12.5 Å². The molecule has 1 aromatic carbocycles. The van der Waals surface area contributed by atoms with Crippen molar-refractivity contribution in [2.75, 3.05) is 57.7 Å². The smallest absolute Gasteiger partial charge is 0.238 e. The summed E-state index contributed by atoms with van der Waals surface area (Å²) in [6, 6.07) is 3.47. The zero-order valence-electron chi connectivity index (χ0n) is 17.2. The summed E-state index contributed by atoms with van der Waals surface area (Å²) in [6.45, 7) is 9.14. The maximum Gasteiger partial charge on any atom is 0.238 e. The molecule has 2 aliphatic rings. The van der Waals surface area contributed by atoms with E-state index >= 15 is 0 Å². The molecule has 0 spiro atoms. The molecule has 2 heterocycles. The van der Waals surface area contributed by atoms with E-state index in [1.807, 2.05) is 9.80 Å². The minimum absolute atomic E-state index is 0.0662. The van der Waals surface area contributed by atoms with Gasteiger partial charge >= 0.3 is 0 Å². The third-order valence-electron chi connectivity index (χ3n) is 5.64. The maximum atomic E-state index is 13.7. The van der Waals surface area contributed by atoms with Crippen molar-refractivity contribution in [3.05, 3.63) is 29.8 Å². The zero-order valence-corrected chi connectivity index (χ0v) is 17.2. The van der Waals surface area contributed by atoms with Gasteiger partial charge in [0.15, 0.2) is 0 Å².